The number of hydrogen-bond acceptors (Lipinski definition) is 4. The summed E-state index contributed by atoms with van der Waals surface area (Å²) in [7, 11) is 0. The Morgan fingerprint density at radius 1 is 1.09 bits per heavy atom. The average Bonchev–Trinajstić information content (AvgIpc) is 3.12. The van der Waals surface area contributed by atoms with Gasteiger partial charge in [0.15, 0.2) is 0 Å². The summed E-state index contributed by atoms with van der Waals surface area (Å²) in [6.45, 7) is 8.82. The van der Waals surface area contributed by atoms with E-state index in [1.807, 2.05) is 32.0 Å². The number of imidazole rings is 1. The minimum absolute atomic E-state index is 0.0444. The molecular formula is C26H40N4O4. The molecule has 8 heteroatoms. The van der Waals surface area contributed by atoms with Gasteiger partial charge in [-0.3, -0.25) is 9.36 Å². The fourth-order valence-corrected chi connectivity index (χ4v) is 4.97. The fourth-order valence-electron chi connectivity index (χ4n) is 4.97. The van der Waals surface area contributed by atoms with Crippen molar-refractivity contribution in [1.82, 2.24) is 19.4 Å². The molecule has 2 N–H and O–H groups in total. The number of aromatic nitrogens is 2. The molecule has 0 saturated carbocycles. The van der Waals surface area contributed by atoms with Crippen molar-refractivity contribution in [2.24, 2.45) is 11.8 Å². The minimum atomic E-state index is -0.697. The molecule has 188 valence electrons. The van der Waals surface area contributed by atoms with Gasteiger partial charge in [0.1, 0.15) is 0 Å². The number of fused-ring (bicyclic) bond motifs is 1. The smallest absolute Gasteiger partial charge is 0.337 e. The summed E-state index contributed by atoms with van der Waals surface area (Å²) in [5.74, 6) is -0.683. The third kappa shape index (κ3) is 6.29. The SMILES string of the molecule is CCCCCCC(CN1CCC(CNC(=O)n2c(=O)n(C(C)C)c3ccccc32)CC1)C(=O)O. The number of carbonyl (C=O) groups excluding carboxylic acids is 1. The van der Waals surface area contributed by atoms with E-state index in [2.05, 4.69) is 17.1 Å². The first-order valence-electron chi connectivity index (χ1n) is 12.8. The molecule has 1 amide bonds. The van der Waals surface area contributed by atoms with Crippen molar-refractivity contribution in [1.29, 1.82) is 0 Å². The van der Waals surface area contributed by atoms with Crippen LogP contribution in [0.1, 0.15) is 71.8 Å². The van der Waals surface area contributed by atoms with E-state index in [-0.39, 0.29) is 23.7 Å². The van der Waals surface area contributed by atoms with Crippen LogP contribution in [-0.2, 0) is 4.79 Å². The second-order valence-corrected chi connectivity index (χ2v) is 9.88. The first-order chi connectivity index (χ1) is 16.3. The Labute approximate surface area is 201 Å². The first-order valence-corrected chi connectivity index (χ1v) is 12.8. The lowest BCUT2D eigenvalue weighted by Crippen LogP contribution is -2.43. The molecule has 1 aliphatic heterocycles. The normalized spacial score (nSPS) is 16.2. The van der Waals surface area contributed by atoms with Gasteiger partial charge in [0, 0.05) is 19.1 Å². The molecule has 0 aliphatic carbocycles. The van der Waals surface area contributed by atoms with E-state index in [1.54, 1.807) is 10.6 Å². The second kappa shape index (κ2) is 12.2. The lowest BCUT2D eigenvalue weighted by atomic mass is 9.94. The topological polar surface area (TPSA) is 96.6 Å². The predicted octanol–water partition coefficient (Wildman–Crippen LogP) is 4.32. The molecule has 1 saturated heterocycles. The van der Waals surface area contributed by atoms with Gasteiger partial charge in [0.05, 0.1) is 17.0 Å². The van der Waals surface area contributed by atoms with Gasteiger partial charge in [-0.15, -0.1) is 0 Å². The number of piperidine rings is 1. The maximum atomic E-state index is 13.0. The number of aliphatic carboxylic acids is 1. The van der Waals surface area contributed by atoms with E-state index in [1.165, 1.54) is 4.57 Å². The number of amides is 1. The molecule has 34 heavy (non-hydrogen) atoms. The largest absolute Gasteiger partial charge is 0.481 e. The highest BCUT2D eigenvalue weighted by molar-refractivity contribution is 5.89. The molecule has 0 spiro atoms. The molecule has 2 heterocycles. The van der Waals surface area contributed by atoms with Crippen molar-refractivity contribution in [3.8, 4) is 0 Å². The molecule has 1 fully saturated rings. The summed E-state index contributed by atoms with van der Waals surface area (Å²) in [6.07, 6.45) is 6.94. The zero-order chi connectivity index (χ0) is 24.7. The van der Waals surface area contributed by atoms with Crippen molar-refractivity contribution in [3.05, 3.63) is 34.7 Å². The number of nitrogens with one attached hydrogen (secondary N) is 1. The van der Waals surface area contributed by atoms with Gasteiger partial charge in [0.25, 0.3) is 0 Å². The summed E-state index contributed by atoms with van der Waals surface area (Å²) in [5.41, 5.74) is 1.06. The van der Waals surface area contributed by atoms with Crippen LogP contribution in [0.15, 0.2) is 29.1 Å². The van der Waals surface area contributed by atoms with Crippen LogP contribution in [0.5, 0.6) is 0 Å². The Balaban J connectivity index is 1.52. The fraction of sp³-hybridized carbons (Fsp3) is 0.654. The molecule has 1 aliphatic rings. The number of para-hydroxylation sites is 2. The van der Waals surface area contributed by atoms with Crippen LogP contribution in [-0.4, -0.2) is 57.3 Å². The number of unbranched alkanes of at least 4 members (excludes halogenated alkanes) is 3. The number of carboxylic acid groups (broad SMARTS) is 1. The minimum Gasteiger partial charge on any atom is -0.481 e. The highest BCUT2D eigenvalue weighted by Gasteiger charge is 2.26. The molecule has 8 nitrogen and oxygen atoms in total. The molecule has 3 rings (SSSR count). The van der Waals surface area contributed by atoms with Gasteiger partial charge >= 0.3 is 17.7 Å². The van der Waals surface area contributed by atoms with Crippen LogP contribution >= 0.6 is 0 Å². The van der Waals surface area contributed by atoms with Crippen LogP contribution in [0, 0.1) is 11.8 Å². The van der Waals surface area contributed by atoms with Crippen LogP contribution in [0.25, 0.3) is 11.0 Å². The summed E-state index contributed by atoms with van der Waals surface area (Å²) < 4.78 is 2.88. The Kier molecular flexibility index (Phi) is 9.33. The number of carboxylic acids is 1. The van der Waals surface area contributed by atoms with Crippen LogP contribution in [0.4, 0.5) is 4.79 Å². The van der Waals surface area contributed by atoms with Gasteiger partial charge in [-0.2, -0.15) is 0 Å². The van der Waals surface area contributed by atoms with Gasteiger partial charge < -0.3 is 15.3 Å². The Morgan fingerprint density at radius 2 is 1.76 bits per heavy atom. The molecule has 1 atom stereocenters. The zero-order valence-corrected chi connectivity index (χ0v) is 20.8. The third-order valence-corrected chi connectivity index (χ3v) is 6.98. The first kappa shape index (κ1) is 26.0. The van der Waals surface area contributed by atoms with Gasteiger partial charge in [-0.25, -0.2) is 14.2 Å². The van der Waals surface area contributed by atoms with E-state index < -0.39 is 5.97 Å². The Hall–Kier alpha value is -2.61. The highest BCUT2D eigenvalue weighted by atomic mass is 16.4. The number of hydrogen-bond donors (Lipinski definition) is 2. The Morgan fingerprint density at radius 3 is 2.38 bits per heavy atom. The maximum Gasteiger partial charge on any atom is 0.337 e. The van der Waals surface area contributed by atoms with Crippen molar-refractivity contribution in [2.45, 2.75) is 71.8 Å². The van der Waals surface area contributed by atoms with Crippen LogP contribution < -0.4 is 11.0 Å². The zero-order valence-electron chi connectivity index (χ0n) is 20.8. The van der Waals surface area contributed by atoms with Crippen molar-refractivity contribution < 1.29 is 14.7 Å². The average molecular weight is 473 g/mol. The predicted molar refractivity (Wildman–Crippen MR) is 134 cm³/mol. The van der Waals surface area contributed by atoms with Crippen molar-refractivity contribution in [2.75, 3.05) is 26.2 Å². The van der Waals surface area contributed by atoms with Gasteiger partial charge in [0.2, 0.25) is 0 Å². The molecule has 1 unspecified atom stereocenters. The summed E-state index contributed by atoms with van der Waals surface area (Å²) in [5, 5.41) is 12.6. The highest BCUT2D eigenvalue weighted by Crippen LogP contribution is 2.21. The lowest BCUT2D eigenvalue weighted by molar-refractivity contribution is -0.142. The van der Waals surface area contributed by atoms with Gasteiger partial charge in [-0.05, 0) is 64.3 Å². The summed E-state index contributed by atoms with van der Waals surface area (Å²) >= 11 is 0. The molecule has 1 aromatic heterocycles. The second-order valence-electron chi connectivity index (χ2n) is 9.88. The van der Waals surface area contributed by atoms with E-state index in [0.29, 0.717) is 24.5 Å². The third-order valence-electron chi connectivity index (χ3n) is 6.98. The number of nitrogens with zero attached hydrogens (tertiary/aromatic N) is 3. The molecule has 0 radical (unpaired) electrons. The molecule has 1 aromatic carbocycles. The van der Waals surface area contributed by atoms with Crippen molar-refractivity contribution >= 4 is 23.0 Å². The van der Waals surface area contributed by atoms with E-state index in [9.17, 15) is 19.5 Å². The number of benzene rings is 1. The number of carbonyl (C=O) groups is 2. The quantitative estimate of drug-likeness (QED) is 0.475. The van der Waals surface area contributed by atoms with Crippen LogP contribution in [0.2, 0.25) is 0 Å². The maximum absolute atomic E-state index is 13.0. The standard InChI is InChI=1S/C26H40N4O4/c1-4-5-6-7-10-21(24(31)32)18-28-15-13-20(14-16-28)17-27-25(33)30-23-12-9-8-11-22(23)29(19(2)3)26(30)34/h8-9,11-12,19-21H,4-7,10,13-18H2,1-3H3,(H,27,33)(H,31,32). The van der Waals surface area contributed by atoms with E-state index >= 15 is 0 Å². The summed E-state index contributed by atoms with van der Waals surface area (Å²) in [6, 6.07) is 6.94. The number of likely N-dealkylation sites (tertiary alicyclic amines) is 1. The molecular weight excluding hydrogens is 432 g/mol. The van der Waals surface area contributed by atoms with E-state index in [4.69, 9.17) is 0 Å². The monoisotopic (exact) mass is 472 g/mol. The molecule has 2 aromatic rings. The summed E-state index contributed by atoms with van der Waals surface area (Å²) in [4.78, 5) is 39.8. The van der Waals surface area contributed by atoms with Crippen LogP contribution in [0.3, 0.4) is 0 Å². The van der Waals surface area contributed by atoms with E-state index in [0.717, 1.165) is 63.6 Å². The lowest BCUT2D eigenvalue weighted by Gasteiger charge is -2.33. The molecule has 0 bridgehead atoms. The Bertz CT molecular complexity index is 1020. The van der Waals surface area contributed by atoms with Crippen molar-refractivity contribution in [3.63, 3.8) is 0 Å². The number of rotatable bonds is 11. The van der Waals surface area contributed by atoms with Gasteiger partial charge in [-0.1, -0.05) is 44.7 Å².